The number of hydrogen-bond acceptors (Lipinski definition) is 8. The highest BCUT2D eigenvalue weighted by atomic mass is 32.1. The molecule has 220 valence electrons. The molecule has 0 aliphatic heterocycles. The Morgan fingerprint density at radius 1 is 1.32 bits per heavy atom. The third kappa shape index (κ3) is 5.58. The van der Waals surface area contributed by atoms with Crippen molar-refractivity contribution >= 4 is 39.9 Å². The molecule has 3 aliphatic carbocycles. The number of thiophene rings is 1. The number of fused-ring (bicyclic) bond motifs is 1. The Morgan fingerprint density at radius 3 is 2.76 bits per heavy atom. The van der Waals surface area contributed by atoms with Gasteiger partial charge in [0.15, 0.2) is 0 Å². The van der Waals surface area contributed by atoms with Gasteiger partial charge in [-0.3, -0.25) is 14.2 Å². The van der Waals surface area contributed by atoms with Gasteiger partial charge >= 0.3 is 6.61 Å². The van der Waals surface area contributed by atoms with E-state index in [9.17, 15) is 31.5 Å². The Labute approximate surface area is 233 Å². The lowest BCUT2D eigenvalue weighted by atomic mass is 9.91. The zero-order chi connectivity index (χ0) is 29.1. The summed E-state index contributed by atoms with van der Waals surface area (Å²) in [6.07, 6.45) is 1.57. The predicted molar refractivity (Wildman–Crippen MR) is 136 cm³/mol. The molecule has 2 fully saturated rings. The lowest BCUT2D eigenvalue weighted by molar-refractivity contribution is -0.117. The lowest BCUT2D eigenvalue weighted by Crippen LogP contribution is -2.29. The molecule has 0 saturated heterocycles. The number of carbonyl (C=O) groups is 2. The van der Waals surface area contributed by atoms with Crippen LogP contribution in [0.3, 0.4) is 0 Å². The molecule has 2 amide bonds. The Kier molecular flexibility index (Phi) is 6.86. The minimum absolute atomic E-state index is 0.118. The van der Waals surface area contributed by atoms with E-state index in [1.54, 1.807) is 4.57 Å². The number of aryl methyl sites for hydroxylation is 2. The fourth-order valence-corrected chi connectivity index (χ4v) is 6.23. The summed E-state index contributed by atoms with van der Waals surface area (Å²) in [5.74, 6) is -5.29. The van der Waals surface area contributed by atoms with E-state index >= 15 is 0 Å². The van der Waals surface area contributed by atoms with Gasteiger partial charge in [0.25, 0.3) is 11.8 Å². The number of nitrogens with zero attached hydrogens (tertiary/aromatic N) is 5. The van der Waals surface area contributed by atoms with Crippen molar-refractivity contribution < 1.29 is 36.3 Å². The van der Waals surface area contributed by atoms with Crippen molar-refractivity contribution in [2.24, 2.45) is 18.9 Å². The number of amides is 2. The number of hydrogen-bond donors (Lipinski definition) is 3. The average molecular weight is 601 g/mol. The number of rotatable bonds is 10. The lowest BCUT2D eigenvalue weighted by Gasteiger charge is -2.25. The maximum atomic E-state index is 13.5. The van der Waals surface area contributed by atoms with E-state index in [0.717, 1.165) is 4.88 Å². The molecule has 4 atom stereocenters. The van der Waals surface area contributed by atoms with Crippen molar-refractivity contribution in [1.29, 1.82) is 0 Å². The Morgan fingerprint density at radius 2 is 2.07 bits per heavy atom. The van der Waals surface area contributed by atoms with Gasteiger partial charge in [0.2, 0.25) is 17.7 Å². The summed E-state index contributed by atoms with van der Waals surface area (Å²) >= 11 is 1.22. The van der Waals surface area contributed by atoms with Crippen LogP contribution in [0.2, 0.25) is 0 Å². The zero-order valence-corrected chi connectivity index (χ0v) is 22.4. The van der Waals surface area contributed by atoms with Crippen LogP contribution in [-0.4, -0.2) is 61.6 Å². The van der Waals surface area contributed by atoms with Gasteiger partial charge in [-0.25, -0.2) is 17.9 Å². The highest BCUT2D eigenvalue weighted by molar-refractivity contribution is 7.17. The van der Waals surface area contributed by atoms with Gasteiger partial charge in [-0.05, 0) is 31.2 Å². The predicted octanol–water partition coefficient (Wildman–Crippen LogP) is 3.83. The maximum absolute atomic E-state index is 13.5. The van der Waals surface area contributed by atoms with Crippen LogP contribution < -0.4 is 20.7 Å². The molecular formula is C24H25F5N8O3S. The first-order valence-electron chi connectivity index (χ1n) is 12.9. The average Bonchev–Trinajstić information content (AvgIpc) is 3.53. The molecule has 6 rings (SSSR count). The molecule has 3 heterocycles. The van der Waals surface area contributed by atoms with Crippen molar-refractivity contribution in [3.63, 3.8) is 0 Å². The summed E-state index contributed by atoms with van der Waals surface area (Å²) in [6, 6.07) is 1.03. The van der Waals surface area contributed by atoms with E-state index in [4.69, 9.17) is 0 Å². The SMILES string of the molecule is Cn1nc(OC(F)F)cc1Nc1nncn1C1CCc2sc(NC(=O)[C@H]3C[C@@H]3F)c(C(=O)NC[C@@H]3CC3(F)F)c2C1. The van der Waals surface area contributed by atoms with Crippen molar-refractivity contribution in [2.75, 3.05) is 17.2 Å². The molecule has 3 N–H and O–H groups in total. The first-order valence-corrected chi connectivity index (χ1v) is 13.7. The molecular weight excluding hydrogens is 575 g/mol. The third-order valence-electron chi connectivity index (χ3n) is 7.49. The number of anilines is 3. The number of carbonyl (C=O) groups excluding carboxylic acids is 2. The van der Waals surface area contributed by atoms with Crippen LogP contribution in [0.5, 0.6) is 5.88 Å². The molecule has 0 radical (unpaired) electrons. The second-order valence-corrected chi connectivity index (χ2v) is 11.5. The number of halogens is 5. The minimum atomic E-state index is -3.03. The number of ether oxygens (including phenoxy) is 1. The van der Waals surface area contributed by atoms with Crippen LogP contribution in [0.1, 0.15) is 46.1 Å². The first-order chi connectivity index (χ1) is 19.5. The van der Waals surface area contributed by atoms with Crippen molar-refractivity contribution in [1.82, 2.24) is 29.9 Å². The molecule has 3 aliphatic rings. The van der Waals surface area contributed by atoms with Gasteiger partial charge in [0.1, 0.15) is 23.3 Å². The van der Waals surface area contributed by atoms with E-state index in [-0.39, 0.29) is 41.9 Å². The Bertz CT molecular complexity index is 1490. The van der Waals surface area contributed by atoms with Crippen LogP contribution in [0.25, 0.3) is 0 Å². The molecule has 0 spiro atoms. The largest absolute Gasteiger partial charge is 0.415 e. The normalized spacial score (nSPS) is 24.1. The van der Waals surface area contributed by atoms with Crippen molar-refractivity contribution in [3.05, 3.63) is 28.4 Å². The molecule has 17 heteroatoms. The second kappa shape index (κ2) is 10.3. The van der Waals surface area contributed by atoms with Gasteiger partial charge in [0, 0.05) is 42.9 Å². The Hall–Kier alpha value is -3.76. The number of nitrogens with one attached hydrogen (secondary N) is 3. The molecule has 41 heavy (non-hydrogen) atoms. The summed E-state index contributed by atoms with van der Waals surface area (Å²) in [6.45, 7) is -3.24. The molecule has 3 aromatic rings. The van der Waals surface area contributed by atoms with Gasteiger partial charge in [-0.15, -0.1) is 26.6 Å². The van der Waals surface area contributed by atoms with E-state index in [2.05, 4.69) is 36.0 Å². The molecule has 0 bridgehead atoms. The van der Waals surface area contributed by atoms with E-state index in [1.165, 1.54) is 35.5 Å². The fourth-order valence-electron chi connectivity index (χ4n) is 4.99. The summed E-state index contributed by atoms with van der Waals surface area (Å²) in [7, 11) is 1.53. The number of aromatic nitrogens is 5. The van der Waals surface area contributed by atoms with E-state index in [0.29, 0.717) is 36.6 Å². The summed E-state index contributed by atoms with van der Waals surface area (Å²) in [5.41, 5.74) is 0.841. The van der Waals surface area contributed by atoms with Crippen molar-refractivity contribution in [3.8, 4) is 5.88 Å². The third-order valence-corrected chi connectivity index (χ3v) is 8.69. The molecule has 11 nitrogen and oxygen atoms in total. The van der Waals surface area contributed by atoms with Crippen LogP contribution in [-0.2, 0) is 24.7 Å². The number of alkyl halides is 5. The molecule has 2 saturated carbocycles. The first kappa shape index (κ1) is 27.4. The monoisotopic (exact) mass is 600 g/mol. The molecule has 1 unspecified atom stereocenters. The summed E-state index contributed by atoms with van der Waals surface area (Å²) in [5, 5.41) is 20.5. The highest BCUT2D eigenvalue weighted by Crippen LogP contribution is 2.48. The Balaban J connectivity index is 1.24. The van der Waals surface area contributed by atoms with Gasteiger partial charge < -0.3 is 20.7 Å². The minimum Gasteiger partial charge on any atom is -0.415 e. The highest BCUT2D eigenvalue weighted by Gasteiger charge is 2.56. The molecule has 3 aromatic heterocycles. The maximum Gasteiger partial charge on any atom is 0.388 e. The summed E-state index contributed by atoms with van der Waals surface area (Å²) in [4.78, 5) is 26.7. The van der Waals surface area contributed by atoms with Gasteiger partial charge in [0.05, 0.1) is 11.5 Å². The van der Waals surface area contributed by atoms with Gasteiger partial charge in [-0.2, -0.15) is 8.78 Å². The van der Waals surface area contributed by atoms with E-state index in [1.807, 2.05) is 0 Å². The van der Waals surface area contributed by atoms with Crippen LogP contribution in [0, 0.1) is 11.8 Å². The summed E-state index contributed by atoms with van der Waals surface area (Å²) < 4.78 is 72.9. The molecule has 0 aromatic carbocycles. The standard InChI is InChI=1S/C24H25F5N8O3S/c1-36-16(6-17(35-36)40-22(26)27)32-23-34-31-9-37(23)11-2-3-15-13(4-11)18(20(39)30-8-10-7-24(10,28)29)21(41-15)33-19(38)12-5-14(12)25/h6,9-12,14,22H,2-5,7-8H2,1H3,(H,30,39)(H,32,34)(H,33,38)/t10-,11?,12-,14-/m0/s1. The van der Waals surface area contributed by atoms with Crippen LogP contribution >= 0.6 is 11.3 Å². The van der Waals surface area contributed by atoms with E-state index < -0.39 is 42.4 Å². The van der Waals surface area contributed by atoms with Crippen LogP contribution in [0.15, 0.2) is 12.4 Å². The smallest absolute Gasteiger partial charge is 0.388 e. The fraction of sp³-hybridized carbons (Fsp3) is 0.542. The quantitative estimate of drug-likeness (QED) is 0.302. The van der Waals surface area contributed by atoms with Crippen LogP contribution in [0.4, 0.5) is 38.7 Å². The zero-order valence-electron chi connectivity index (χ0n) is 21.5. The van der Waals surface area contributed by atoms with Crippen molar-refractivity contribution in [2.45, 2.75) is 56.9 Å². The van der Waals surface area contributed by atoms with Gasteiger partial charge in [-0.1, -0.05) is 0 Å². The topological polar surface area (TPSA) is 128 Å². The second-order valence-electron chi connectivity index (χ2n) is 10.4.